The molecule has 1 fully saturated rings. The summed E-state index contributed by atoms with van der Waals surface area (Å²) in [6.45, 7) is 2.31. The SMILES string of the molecule is CC1CC(C2CCC2)c2ccccc2N1. The first-order valence-corrected chi connectivity index (χ1v) is 6.20. The molecule has 0 amide bonds. The summed E-state index contributed by atoms with van der Waals surface area (Å²) in [5.74, 6) is 1.79. The molecule has 1 heteroatoms. The molecule has 0 saturated heterocycles. The number of para-hydroxylation sites is 1. The highest BCUT2D eigenvalue weighted by Gasteiger charge is 2.33. The fourth-order valence-corrected chi connectivity index (χ4v) is 3.07. The van der Waals surface area contributed by atoms with E-state index in [1.165, 1.54) is 31.4 Å². The molecule has 80 valence electrons. The Morgan fingerprint density at radius 1 is 1.20 bits per heavy atom. The van der Waals surface area contributed by atoms with Crippen LogP contribution in [0.15, 0.2) is 24.3 Å². The van der Waals surface area contributed by atoms with E-state index in [0.717, 1.165) is 11.8 Å². The number of rotatable bonds is 1. The van der Waals surface area contributed by atoms with Crippen molar-refractivity contribution in [1.29, 1.82) is 0 Å². The molecule has 1 nitrogen and oxygen atoms in total. The minimum atomic E-state index is 0.644. The third-order valence-electron chi connectivity index (χ3n) is 4.09. The Morgan fingerprint density at radius 3 is 2.73 bits per heavy atom. The molecular weight excluding hydrogens is 182 g/mol. The lowest BCUT2D eigenvalue weighted by Gasteiger charge is -2.40. The minimum absolute atomic E-state index is 0.644. The summed E-state index contributed by atoms with van der Waals surface area (Å²) < 4.78 is 0. The van der Waals surface area contributed by atoms with Crippen LogP contribution < -0.4 is 5.32 Å². The van der Waals surface area contributed by atoms with Gasteiger partial charge in [-0.3, -0.25) is 0 Å². The fraction of sp³-hybridized carbons (Fsp3) is 0.571. The molecule has 1 saturated carbocycles. The second kappa shape index (κ2) is 3.55. The van der Waals surface area contributed by atoms with Crippen molar-refractivity contribution in [3.05, 3.63) is 29.8 Å². The monoisotopic (exact) mass is 201 g/mol. The zero-order valence-corrected chi connectivity index (χ0v) is 9.37. The van der Waals surface area contributed by atoms with Crippen molar-refractivity contribution in [3.8, 4) is 0 Å². The number of hydrogen-bond donors (Lipinski definition) is 1. The summed E-state index contributed by atoms with van der Waals surface area (Å²) in [6, 6.07) is 9.52. The molecular formula is C14H19N. The lowest BCUT2D eigenvalue weighted by molar-refractivity contribution is 0.243. The van der Waals surface area contributed by atoms with E-state index in [-0.39, 0.29) is 0 Å². The number of hydrogen-bond acceptors (Lipinski definition) is 1. The average Bonchev–Trinajstić information content (AvgIpc) is 2.14. The van der Waals surface area contributed by atoms with E-state index in [1.807, 2.05) is 0 Å². The van der Waals surface area contributed by atoms with Gasteiger partial charge in [0.15, 0.2) is 0 Å². The van der Waals surface area contributed by atoms with Gasteiger partial charge in [0.1, 0.15) is 0 Å². The first-order valence-electron chi connectivity index (χ1n) is 6.20. The van der Waals surface area contributed by atoms with Gasteiger partial charge in [-0.25, -0.2) is 0 Å². The van der Waals surface area contributed by atoms with E-state index >= 15 is 0 Å². The topological polar surface area (TPSA) is 12.0 Å². The van der Waals surface area contributed by atoms with E-state index in [9.17, 15) is 0 Å². The molecule has 1 aliphatic carbocycles. The lowest BCUT2D eigenvalue weighted by atomic mass is 9.69. The summed E-state index contributed by atoms with van der Waals surface area (Å²) >= 11 is 0. The predicted octanol–water partition coefficient (Wildman–Crippen LogP) is 3.77. The summed E-state index contributed by atoms with van der Waals surface area (Å²) in [6.07, 6.45) is 5.67. The van der Waals surface area contributed by atoms with Crippen molar-refractivity contribution in [2.24, 2.45) is 5.92 Å². The van der Waals surface area contributed by atoms with Crippen molar-refractivity contribution in [2.45, 2.75) is 44.6 Å². The van der Waals surface area contributed by atoms with Gasteiger partial charge >= 0.3 is 0 Å². The van der Waals surface area contributed by atoms with Crippen LogP contribution in [0.4, 0.5) is 5.69 Å². The maximum absolute atomic E-state index is 3.59. The molecule has 1 heterocycles. The predicted molar refractivity (Wildman–Crippen MR) is 64.2 cm³/mol. The Labute approximate surface area is 91.9 Å². The van der Waals surface area contributed by atoms with Crippen molar-refractivity contribution in [3.63, 3.8) is 0 Å². The molecule has 0 spiro atoms. The van der Waals surface area contributed by atoms with Crippen LogP contribution in [0, 0.1) is 5.92 Å². The highest BCUT2D eigenvalue weighted by molar-refractivity contribution is 5.55. The number of nitrogens with one attached hydrogen (secondary N) is 1. The smallest absolute Gasteiger partial charge is 0.0377 e. The Bertz CT molecular complexity index is 354. The molecule has 0 aromatic heterocycles. The second-order valence-electron chi connectivity index (χ2n) is 5.17. The molecule has 3 rings (SSSR count). The van der Waals surface area contributed by atoms with Gasteiger partial charge in [0.05, 0.1) is 0 Å². The zero-order chi connectivity index (χ0) is 10.3. The van der Waals surface area contributed by atoms with Gasteiger partial charge in [-0.2, -0.15) is 0 Å². The number of fused-ring (bicyclic) bond motifs is 1. The van der Waals surface area contributed by atoms with Gasteiger partial charge < -0.3 is 5.32 Å². The standard InChI is InChI=1S/C14H19N/c1-10-9-13(11-5-4-6-11)12-7-2-3-8-14(12)15-10/h2-3,7-8,10-11,13,15H,4-6,9H2,1H3. The molecule has 1 N–H and O–H groups in total. The van der Waals surface area contributed by atoms with Gasteiger partial charge in [-0.1, -0.05) is 24.6 Å². The van der Waals surface area contributed by atoms with Crippen LogP contribution in [0.25, 0.3) is 0 Å². The van der Waals surface area contributed by atoms with Crippen LogP contribution in [-0.2, 0) is 0 Å². The van der Waals surface area contributed by atoms with Crippen molar-refractivity contribution in [1.82, 2.24) is 0 Å². The lowest BCUT2D eigenvalue weighted by Crippen LogP contribution is -2.31. The van der Waals surface area contributed by atoms with E-state index in [2.05, 4.69) is 36.5 Å². The molecule has 1 aromatic rings. The third-order valence-corrected chi connectivity index (χ3v) is 4.09. The summed E-state index contributed by atoms with van der Waals surface area (Å²) in [4.78, 5) is 0. The van der Waals surface area contributed by atoms with E-state index in [0.29, 0.717) is 6.04 Å². The number of benzene rings is 1. The van der Waals surface area contributed by atoms with Crippen molar-refractivity contribution in [2.75, 3.05) is 5.32 Å². The Hall–Kier alpha value is -0.980. The Morgan fingerprint density at radius 2 is 2.00 bits per heavy atom. The molecule has 15 heavy (non-hydrogen) atoms. The fourth-order valence-electron chi connectivity index (χ4n) is 3.07. The molecule has 2 unspecified atom stereocenters. The quantitative estimate of drug-likeness (QED) is 0.729. The highest BCUT2D eigenvalue weighted by atomic mass is 14.9. The van der Waals surface area contributed by atoms with Crippen LogP contribution in [-0.4, -0.2) is 6.04 Å². The third kappa shape index (κ3) is 1.54. The molecule has 1 aromatic carbocycles. The Balaban J connectivity index is 1.95. The zero-order valence-electron chi connectivity index (χ0n) is 9.37. The van der Waals surface area contributed by atoms with Gasteiger partial charge in [-0.15, -0.1) is 0 Å². The van der Waals surface area contributed by atoms with Gasteiger partial charge in [0.2, 0.25) is 0 Å². The molecule has 2 atom stereocenters. The van der Waals surface area contributed by atoms with E-state index in [4.69, 9.17) is 0 Å². The maximum Gasteiger partial charge on any atom is 0.0377 e. The number of anilines is 1. The molecule has 0 bridgehead atoms. The van der Waals surface area contributed by atoms with Crippen LogP contribution in [0.3, 0.4) is 0 Å². The molecule has 2 aliphatic rings. The van der Waals surface area contributed by atoms with Crippen LogP contribution in [0.1, 0.15) is 44.1 Å². The molecule has 1 aliphatic heterocycles. The largest absolute Gasteiger partial charge is 0.382 e. The summed E-state index contributed by atoms with van der Waals surface area (Å²) in [5, 5.41) is 3.59. The maximum atomic E-state index is 3.59. The van der Waals surface area contributed by atoms with Gasteiger partial charge in [-0.05, 0) is 49.7 Å². The first-order chi connectivity index (χ1) is 7.34. The van der Waals surface area contributed by atoms with Crippen molar-refractivity contribution < 1.29 is 0 Å². The molecule has 0 radical (unpaired) electrons. The Kier molecular flexibility index (Phi) is 2.19. The van der Waals surface area contributed by atoms with Crippen LogP contribution >= 0.6 is 0 Å². The van der Waals surface area contributed by atoms with Crippen molar-refractivity contribution >= 4 is 5.69 Å². The van der Waals surface area contributed by atoms with E-state index < -0.39 is 0 Å². The highest BCUT2D eigenvalue weighted by Crippen LogP contribution is 2.46. The normalized spacial score (nSPS) is 30.2. The van der Waals surface area contributed by atoms with Crippen LogP contribution in [0.2, 0.25) is 0 Å². The average molecular weight is 201 g/mol. The van der Waals surface area contributed by atoms with E-state index in [1.54, 1.807) is 5.56 Å². The minimum Gasteiger partial charge on any atom is -0.382 e. The van der Waals surface area contributed by atoms with Gasteiger partial charge in [0.25, 0.3) is 0 Å². The summed E-state index contributed by atoms with van der Waals surface area (Å²) in [5.41, 5.74) is 2.95. The first kappa shape index (κ1) is 9.26. The van der Waals surface area contributed by atoms with Gasteiger partial charge in [0, 0.05) is 11.7 Å². The summed E-state index contributed by atoms with van der Waals surface area (Å²) in [7, 11) is 0. The van der Waals surface area contributed by atoms with Crippen LogP contribution in [0.5, 0.6) is 0 Å². The second-order valence-corrected chi connectivity index (χ2v) is 5.17.